The fraction of sp³-hybridized carbons (Fsp3) is 0.320. The Hall–Kier alpha value is -4.53. The van der Waals surface area contributed by atoms with E-state index in [1.54, 1.807) is 6.92 Å². The number of alkyl halides is 2. The summed E-state index contributed by atoms with van der Waals surface area (Å²) in [5.74, 6) is -2.53. The second-order valence-electron chi connectivity index (χ2n) is 9.16. The number of nitrogens with zero attached hydrogens (tertiary/aromatic N) is 4. The van der Waals surface area contributed by atoms with E-state index in [1.165, 1.54) is 18.2 Å². The van der Waals surface area contributed by atoms with Gasteiger partial charge in [0.15, 0.2) is 23.0 Å². The average molecular weight is 561 g/mol. The Kier molecular flexibility index (Phi) is 7.64. The highest BCUT2D eigenvalue weighted by Crippen LogP contribution is 2.37. The van der Waals surface area contributed by atoms with Crippen LogP contribution in [0.4, 0.5) is 17.6 Å². The Morgan fingerprint density at radius 1 is 1.20 bits per heavy atom. The molecule has 11 nitrogen and oxygen atoms in total. The number of nitrogens with two attached hydrogens (primary N) is 1. The molecule has 0 spiro atoms. The molecule has 1 fully saturated rings. The molecular weight excluding hydrogens is 538 g/mol. The minimum atomic E-state index is -3.06. The van der Waals surface area contributed by atoms with Crippen molar-refractivity contribution in [3.63, 3.8) is 0 Å². The van der Waals surface area contributed by atoms with Crippen LogP contribution in [-0.2, 0) is 0 Å². The lowest BCUT2D eigenvalue weighted by Gasteiger charge is -2.16. The highest BCUT2D eigenvalue weighted by Gasteiger charge is 2.30. The molecule has 1 amide bonds. The molecule has 2 aromatic heterocycles. The van der Waals surface area contributed by atoms with Gasteiger partial charge in [-0.15, -0.1) is 10.2 Å². The van der Waals surface area contributed by atoms with Gasteiger partial charge in [0.05, 0.1) is 12.6 Å². The molecule has 2 atom stereocenters. The third-order valence-corrected chi connectivity index (χ3v) is 6.03. The number of rotatable bonds is 11. The molecule has 2 aromatic carbocycles. The second-order valence-corrected chi connectivity index (χ2v) is 9.16. The monoisotopic (exact) mass is 561 g/mol. The Labute approximate surface area is 224 Å². The average Bonchev–Trinajstić information content (AvgIpc) is 3.37. The quantitative estimate of drug-likeness (QED) is 0.230. The molecule has 1 saturated carbocycles. The van der Waals surface area contributed by atoms with Gasteiger partial charge in [0.25, 0.3) is 5.91 Å². The maximum atomic E-state index is 14.6. The molecule has 1 aliphatic carbocycles. The smallest absolute Gasteiger partial charge is 0.387 e. The predicted molar refractivity (Wildman–Crippen MR) is 129 cm³/mol. The normalized spacial score (nSPS) is 14.7. The molecule has 1 aliphatic rings. The molecule has 4 aromatic rings. The number of benzene rings is 2. The maximum absolute atomic E-state index is 14.6. The Morgan fingerprint density at radius 2 is 2.00 bits per heavy atom. The summed E-state index contributed by atoms with van der Waals surface area (Å²) in [5, 5.41) is 15.9. The molecule has 0 saturated heterocycles. The molecule has 210 valence electrons. The van der Waals surface area contributed by atoms with E-state index < -0.39 is 36.2 Å². The SMILES string of the molecule is C[C@H](N)c1oc(-c2ccc(OC(F)F)c(OCC3CC3)c2)nc1C(=O)NC(c1nn[nH]n1)c1ccc(F)cc1F. The van der Waals surface area contributed by atoms with Gasteiger partial charge in [-0.3, -0.25) is 4.79 Å². The van der Waals surface area contributed by atoms with E-state index in [0.717, 1.165) is 25.0 Å². The maximum Gasteiger partial charge on any atom is 0.387 e. The first kappa shape index (κ1) is 27.1. The van der Waals surface area contributed by atoms with E-state index in [0.29, 0.717) is 24.2 Å². The topological polar surface area (TPSA) is 154 Å². The van der Waals surface area contributed by atoms with Gasteiger partial charge in [0, 0.05) is 17.2 Å². The number of carbonyl (C=O) groups is 1. The lowest BCUT2D eigenvalue weighted by atomic mass is 10.0. The van der Waals surface area contributed by atoms with Crippen molar-refractivity contribution in [2.24, 2.45) is 11.7 Å². The highest BCUT2D eigenvalue weighted by atomic mass is 19.3. The van der Waals surface area contributed by atoms with Crippen molar-refractivity contribution in [3.05, 3.63) is 70.9 Å². The van der Waals surface area contributed by atoms with Gasteiger partial charge in [0.1, 0.15) is 17.7 Å². The summed E-state index contributed by atoms with van der Waals surface area (Å²) < 4.78 is 70.1. The Bertz CT molecular complexity index is 1490. The fourth-order valence-electron chi connectivity index (χ4n) is 3.87. The van der Waals surface area contributed by atoms with E-state index >= 15 is 0 Å². The van der Waals surface area contributed by atoms with Crippen molar-refractivity contribution in [2.45, 2.75) is 38.5 Å². The number of hydrogen-bond donors (Lipinski definition) is 3. The van der Waals surface area contributed by atoms with E-state index in [4.69, 9.17) is 14.9 Å². The summed E-state index contributed by atoms with van der Waals surface area (Å²) in [6.45, 7) is -1.18. The number of H-pyrrole nitrogens is 1. The fourth-order valence-corrected chi connectivity index (χ4v) is 3.87. The van der Waals surface area contributed by atoms with Crippen molar-refractivity contribution in [3.8, 4) is 23.0 Å². The van der Waals surface area contributed by atoms with Crippen LogP contribution < -0.4 is 20.5 Å². The van der Waals surface area contributed by atoms with Crippen LogP contribution >= 0.6 is 0 Å². The van der Waals surface area contributed by atoms with Crippen LogP contribution in [0, 0.1) is 17.6 Å². The first-order valence-electron chi connectivity index (χ1n) is 12.2. The van der Waals surface area contributed by atoms with Crippen molar-refractivity contribution in [1.82, 2.24) is 30.9 Å². The minimum Gasteiger partial charge on any atom is -0.489 e. The van der Waals surface area contributed by atoms with Gasteiger partial charge in [-0.25, -0.2) is 13.8 Å². The molecule has 1 unspecified atom stereocenters. The lowest BCUT2D eigenvalue weighted by Crippen LogP contribution is -2.32. The molecule has 0 radical (unpaired) electrons. The Balaban J connectivity index is 1.47. The van der Waals surface area contributed by atoms with Gasteiger partial charge in [-0.1, -0.05) is 11.3 Å². The number of ether oxygens (including phenoxy) is 2. The number of hydrogen-bond acceptors (Lipinski definition) is 9. The summed E-state index contributed by atoms with van der Waals surface area (Å²) in [5.41, 5.74) is 5.98. The van der Waals surface area contributed by atoms with Gasteiger partial charge >= 0.3 is 6.61 Å². The van der Waals surface area contributed by atoms with Crippen LogP contribution in [0.2, 0.25) is 0 Å². The van der Waals surface area contributed by atoms with Crippen LogP contribution in [0.1, 0.15) is 59.5 Å². The van der Waals surface area contributed by atoms with Crippen molar-refractivity contribution >= 4 is 5.91 Å². The molecule has 0 bridgehead atoms. The summed E-state index contributed by atoms with van der Waals surface area (Å²) in [4.78, 5) is 17.7. The first-order valence-corrected chi connectivity index (χ1v) is 12.2. The zero-order valence-corrected chi connectivity index (χ0v) is 20.9. The third kappa shape index (κ3) is 6.03. The number of amides is 1. The van der Waals surface area contributed by atoms with Crippen molar-refractivity contribution in [2.75, 3.05) is 6.61 Å². The van der Waals surface area contributed by atoms with Gasteiger partial charge < -0.3 is 24.9 Å². The number of halogens is 4. The summed E-state index contributed by atoms with van der Waals surface area (Å²) in [6.07, 6.45) is 1.96. The van der Waals surface area contributed by atoms with Crippen LogP contribution in [0.25, 0.3) is 11.5 Å². The molecule has 2 heterocycles. The van der Waals surface area contributed by atoms with E-state index in [9.17, 15) is 22.4 Å². The van der Waals surface area contributed by atoms with Crippen molar-refractivity contribution in [1.29, 1.82) is 0 Å². The summed E-state index contributed by atoms with van der Waals surface area (Å²) in [7, 11) is 0. The molecule has 40 heavy (non-hydrogen) atoms. The molecule has 15 heteroatoms. The van der Waals surface area contributed by atoms with Crippen LogP contribution in [0.15, 0.2) is 40.8 Å². The lowest BCUT2D eigenvalue weighted by molar-refractivity contribution is -0.0515. The number of aromatic amines is 1. The van der Waals surface area contributed by atoms with E-state index in [-0.39, 0.29) is 40.2 Å². The van der Waals surface area contributed by atoms with Crippen LogP contribution in [0.5, 0.6) is 11.5 Å². The predicted octanol–water partition coefficient (Wildman–Crippen LogP) is 4.06. The summed E-state index contributed by atoms with van der Waals surface area (Å²) in [6, 6.07) is 4.83. The van der Waals surface area contributed by atoms with Crippen molar-refractivity contribution < 1.29 is 36.2 Å². The number of oxazole rings is 1. The second kappa shape index (κ2) is 11.3. The van der Waals surface area contributed by atoms with Gasteiger partial charge in [0.2, 0.25) is 11.7 Å². The Morgan fingerprint density at radius 3 is 2.65 bits per heavy atom. The first-order chi connectivity index (χ1) is 19.2. The molecule has 5 rings (SSSR count). The number of aromatic nitrogens is 5. The van der Waals surface area contributed by atoms with E-state index in [2.05, 4.69) is 35.7 Å². The summed E-state index contributed by atoms with van der Waals surface area (Å²) >= 11 is 0. The van der Waals surface area contributed by atoms with Crippen LogP contribution in [-0.4, -0.2) is 44.7 Å². The zero-order chi connectivity index (χ0) is 28.4. The molecular formula is C25H23F4N7O4. The molecule has 4 N–H and O–H groups in total. The largest absolute Gasteiger partial charge is 0.489 e. The highest BCUT2D eigenvalue weighted by molar-refractivity contribution is 5.94. The number of tetrazole rings is 1. The van der Waals surface area contributed by atoms with Gasteiger partial charge in [-0.05, 0) is 49.9 Å². The van der Waals surface area contributed by atoms with Gasteiger partial charge in [-0.2, -0.15) is 14.0 Å². The van der Waals surface area contributed by atoms with Crippen LogP contribution in [0.3, 0.4) is 0 Å². The minimum absolute atomic E-state index is 0.00713. The molecule has 0 aliphatic heterocycles. The number of nitrogens with one attached hydrogen (secondary N) is 2. The third-order valence-electron chi connectivity index (χ3n) is 6.03. The zero-order valence-electron chi connectivity index (χ0n) is 20.9. The van der Waals surface area contributed by atoms with E-state index in [1.807, 2.05) is 0 Å². The standard InChI is InChI=1S/C25H23F4N7O4/c1-11(30)21-20(23(37)31-19(22-33-35-36-34-22)15-6-5-14(26)9-16(15)27)32-24(40-21)13-4-7-17(39-25(28)29)18(8-13)38-10-12-2-3-12/h4-9,11-12,19,25H,2-3,10,30H2,1H3,(H,31,37)(H,33,34,35,36)/t11-,19?/m0/s1. The number of carbonyl (C=O) groups excluding carboxylic acids is 1.